The van der Waals surface area contributed by atoms with Crippen molar-refractivity contribution in [3.63, 3.8) is 0 Å². The predicted octanol–water partition coefficient (Wildman–Crippen LogP) is 4.28. The van der Waals surface area contributed by atoms with Gasteiger partial charge in [0, 0.05) is 16.1 Å². The molecule has 0 spiro atoms. The van der Waals surface area contributed by atoms with Crippen LogP contribution in [-0.4, -0.2) is 0 Å². The number of hydrogen-bond acceptors (Lipinski definition) is 0. The van der Waals surface area contributed by atoms with Crippen LogP contribution in [0.25, 0.3) is 0 Å². The molecule has 0 saturated carbocycles. The Labute approximate surface area is 81.4 Å². The maximum absolute atomic E-state index is 5.54. The van der Waals surface area contributed by atoms with Gasteiger partial charge in [-0.05, 0) is 12.1 Å². The van der Waals surface area contributed by atoms with E-state index in [2.05, 4.69) is 0 Å². The summed E-state index contributed by atoms with van der Waals surface area (Å²) in [6, 6.07) is 9.44. The van der Waals surface area contributed by atoms with Gasteiger partial charge in [0.05, 0.1) is 0 Å². The normalized spacial score (nSPS) is 9.00. The Hall–Kier alpha value is -0.170. The fourth-order valence-corrected chi connectivity index (χ4v) is 0.560. The predicted molar refractivity (Wildman–Crippen MR) is 52.3 cm³/mol. The van der Waals surface area contributed by atoms with Gasteiger partial charge in [0.1, 0.15) is 0 Å². The first-order chi connectivity index (χ1) is 5.31. The molecule has 0 radical (unpaired) electrons. The van der Waals surface area contributed by atoms with Gasteiger partial charge in [0.2, 0.25) is 0 Å². The molecule has 0 nitrogen and oxygen atoms in total. The van der Waals surface area contributed by atoms with Gasteiger partial charge < -0.3 is 0 Å². The van der Waals surface area contributed by atoms with Crippen molar-refractivity contribution in [2.75, 3.05) is 0 Å². The zero-order chi connectivity index (χ0) is 8.53. The second-order valence-electron chi connectivity index (χ2n) is 1.55. The van der Waals surface area contributed by atoms with Gasteiger partial charge in [-0.2, -0.15) is 0 Å². The van der Waals surface area contributed by atoms with Gasteiger partial charge in [0.25, 0.3) is 0 Å². The largest absolute Gasteiger partial charge is 0.0920 e. The number of hydrogen-bond donors (Lipinski definition) is 0. The standard InChI is InChI=1S/C6H5Cl.C2H2Cl2/c7-6-4-2-1-3-5-6;3-1-2-4/h1-5H;1-2H. The van der Waals surface area contributed by atoms with E-state index in [1.165, 1.54) is 11.1 Å². The maximum atomic E-state index is 5.54. The third kappa shape index (κ3) is 7.73. The molecule has 0 fully saturated rings. The lowest BCUT2D eigenvalue weighted by atomic mass is 10.4. The summed E-state index contributed by atoms with van der Waals surface area (Å²) >= 11 is 15.3. The molecule has 0 heterocycles. The first-order valence-electron chi connectivity index (χ1n) is 2.87. The molecule has 0 unspecified atom stereocenters. The van der Waals surface area contributed by atoms with E-state index in [0.29, 0.717) is 0 Å². The molecule has 60 valence electrons. The highest BCUT2D eigenvalue weighted by atomic mass is 35.5. The summed E-state index contributed by atoms with van der Waals surface area (Å²) in [7, 11) is 0. The minimum atomic E-state index is 0.794. The van der Waals surface area contributed by atoms with E-state index in [9.17, 15) is 0 Å². The van der Waals surface area contributed by atoms with Gasteiger partial charge in [-0.15, -0.1) is 0 Å². The highest BCUT2D eigenvalue weighted by molar-refractivity contribution is 6.33. The highest BCUT2D eigenvalue weighted by Gasteiger charge is 1.74. The highest BCUT2D eigenvalue weighted by Crippen LogP contribution is 2.03. The van der Waals surface area contributed by atoms with Crippen molar-refractivity contribution in [2.45, 2.75) is 0 Å². The summed E-state index contributed by atoms with van der Waals surface area (Å²) in [5, 5.41) is 0.794. The fourth-order valence-electron chi connectivity index (χ4n) is 0.415. The third-order valence-corrected chi connectivity index (χ3v) is 1.41. The minimum Gasteiger partial charge on any atom is -0.0920 e. The van der Waals surface area contributed by atoms with Crippen LogP contribution in [0.5, 0.6) is 0 Å². The van der Waals surface area contributed by atoms with E-state index in [0.717, 1.165) is 5.02 Å². The van der Waals surface area contributed by atoms with E-state index in [1.54, 1.807) is 0 Å². The average molecular weight is 210 g/mol. The molecule has 0 amide bonds. The first-order valence-corrected chi connectivity index (χ1v) is 4.12. The molecule has 0 aliphatic rings. The second kappa shape index (κ2) is 7.93. The zero-order valence-corrected chi connectivity index (χ0v) is 7.94. The molecule has 3 heteroatoms. The monoisotopic (exact) mass is 208 g/mol. The molecule has 0 bridgehead atoms. The summed E-state index contributed by atoms with van der Waals surface area (Å²) in [6.07, 6.45) is 0. The molecule has 0 aromatic heterocycles. The van der Waals surface area contributed by atoms with Crippen LogP contribution in [0.2, 0.25) is 5.02 Å². The minimum absolute atomic E-state index is 0.794. The van der Waals surface area contributed by atoms with Gasteiger partial charge in [0.15, 0.2) is 0 Å². The topological polar surface area (TPSA) is 0 Å². The third-order valence-electron chi connectivity index (χ3n) is 0.781. The zero-order valence-electron chi connectivity index (χ0n) is 5.68. The van der Waals surface area contributed by atoms with Crippen LogP contribution in [0, 0.1) is 0 Å². The Morgan fingerprint density at radius 1 is 0.909 bits per heavy atom. The lowest BCUT2D eigenvalue weighted by molar-refractivity contribution is 1.71. The lowest BCUT2D eigenvalue weighted by Crippen LogP contribution is -1.55. The van der Waals surface area contributed by atoms with Crippen LogP contribution >= 0.6 is 34.8 Å². The molecule has 0 aliphatic heterocycles. The molecule has 1 rings (SSSR count). The van der Waals surface area contributed by atoms with E-state index in [1.807, 2.05) is 30.3 Å². The van der Waals surface area contributed by atoms with Crippen LogP contribution in [0.1, 0.15) is 0 Å². The van der Waals surface area contributed by atoms with Gasteiger partial charge in [-0.1, -0.05) is 53.0 Å². The molecule has 0 N–H and O–H groups in total. The van der Waals surface area contributed by atoms with Gasteiger partial charge in [-0.3, -0.25) is 0 Å². The number of halogens is 3. The SMILES string of the molecule is ClC=CCl.Clc1ccccc1. The fraction of sp³-hybridized carbons (Fsp3) is 0. The molecule has 0 saturated heterocycles. The van der Waals surface area contributed by atoms with Crippen LogP contribution in [0.3, 0.4) is 0 Å². The van der Waals surface area contributed by atoms with Crippen LogP contribution in [0.15, 0.2) is 41.4 Å². The van der Waals surface area contributed by atoms with Crippen molar-refractivity contribution < 1.29 is 0 Å². The molecular weight excluding hydrogens is 202 g/mol. The van der Waals surface area contributed by atoms with Crippen molar-refractivity contribution >= 4 is 34.8 Å². The summed E-state index contributed by atoms with van der Waals surface area (Å²) in [6.45, 7) is 0. The lowest BCUT2D eigenvalue weighted by Gasteiger charge is -1.80. The summed E-state index contributed by atoms with van der Waals surface area (Å²) in [5.41, 5.74) is 2.48. The van der Waals surface area contributed by atoms with Crippen molar-refractivity contribution in [1.82, 2.24) is 0 Å². The molecule has 11 heavy (non-hydrogen) atoms. The number of rotatable bonds is 0. The molecular formula is C8H7Cl3. The second-order valence-corrected chi connectivity index (χ2v) is 2.49. The van der Waals surface area contributed by atoms with Gasteiger partial charge >= 0.3 is 0 Å². The van der Waals surface area contributed by atoms with Crippen molar-refractivity contribution in [1.29, 1.82) is 0 Å². The van der Waals surface area contributed by atoms with E-state index in [4.69, 9.17) is 34.8 Å². The molecule has 0 atom stereocenters. The molecule has 1 aromatic rings. The maximum Gasteiger partial charge on any atom is 0.0405 e. The first kappa shape index (κ1) is 10.8. The van der Waals surface area contributed by atoms with Crippen LogP contribution in [0.4, 0.5) is 0 Å². The number of benzene rings is 1. The molecule has 1 aromatic carbocycles. The van der Waals surface area contributed by atoms with Crippen molar-refractivity contribution in [3.05, 3.63) is 46.4 Å². The average Bonchev–Trinajstić information content (AvgIpc) is 2.07. The smallest absolute Gasteiger partial charge is 0.0405 e. The van der Waals surface area contributed by atoms with E-state index >= 15 is 0 Å². The Bertz CT molecular complexity index is 190. The van der Waals surface area contributed by atoms with E-state index < -0.39 is 0 Å². The summed E-state index contributed by atoms with van der Waals surface area (Å²) < 4.78 is 0. The molecule has 0 aliphatic carbocycles. The van der Waals surface area contributed by atoms with Gasteiger partial charge in [-0.25, -0.2) is 0 Å². The Morgan fingerprint density at radius 2 is 1.36 bits per heavy atom. The van der Waals surface area contributed by atoms with Crippen molar-refractivity contribution in [2.24, 2.45) is 0 Å². The summed E-state index contributed by atoms with van der Waals surface area (Å²) in [4.78, 5) is 0. The van der Waals surface area contributed by atoms with Crippen LogP contribution < -0.4 is 0 Å². The Kier molecular flexibility index (Phi) is 7.81. The van der Waals surface area contributed by atoms with E-state index in [-0.39, 0.29) is 0 Å². The van der Waals surface area contributed by atoms with Crippen molar-refractivity contribution in [3.8, 4) is 0 Å². The van der Waals surface area contributed by atoms with Crippen LogP contribution in [-0.2, 0) is 0 Å². The summed E-state index contributed by atoms with van der Waals surface area (Å²) in [5.74, 6) is 0. The quantitative estimate of drug-likeness (QED) is 0.598. The Morgan fingerprint density at radius 3 is 1.55 bits per heavy atom. The Balaban J connectivity index is 0.000000218.